The number of aryl methyl sites for hydroxylation is 1. The van der Waals surface area contributed by atoms with Crippen molar-refractivity contribution in [3.63, 3.8) is 0 Å². The lowest BCUT2D eigenvalue weighted by Gasteiger charge is -2.02. The highest BCUT2D eigenvalue weighted by Crippen LogP contribution is 2.25. The van der Waals surface area contributed by atoms with Crippen molar-refractivity contribution in [1.82, 2.24) is 9.78 Å². The van der Waals surface area contributed by atoms with Crippen LogP contribution in [0.5, 0.6) is 5.75 Å². The molecule has 4 heteroatoms. The lowest BCUT2D eigenvalue weighted by atomic mass is 10.1. The SMILES string of the molecule is COc1cccc(-c2cn(CCN)nc2C)c1. The van der Waals surface area contributed by atoms with Crippen molar-refractivity contribution in [2.75, 3.05) is 13.7 Å². The first-order valence-electron chi connectivity index (χ1n) is 5.63. The Hall–Kier alpha value is -1.81. The maximum atomic E-state index is 5.52. The third-order valence-electron chi connectivity index (χ3n) is 2.69. The van der Waals surface area contributed by atoms with Crippen molar-refractivity contribution in [3.05, 3.63) is 36.2 Å². The zero-order valence-electron chi connectivity index (χ0n) is 10.2. The minimum absolute atomic E-state index is 0.596. The zero-order chi connectivity index (χ0) is 12.3. The van der Waals surface area contributed by atoms with Gasteiger partial charge in [0.1, 0.15) is 5.75 Å². The standard InChI is InChI=1S/C13H17N3O/c1-10-13(9-16(15-10)7-6-14)11-4-3-5-12(8-11)17-2/h3-5,8-9H,6-7,14H2,1-2H3. The number of methoxy groups -OCH3 is 1. The van der Waals surface area contributed by atoms with E-state index in [0.717, 1.165) is 29.1 Å². The molecule has 0 spiro atoms. The summed E-state index contributed by atoms with van der Waals surface area (Å²) < 4.78 is 7.10. The summed E-state index contributed by atoms with van der Waals surface area (Å²) in [6, 6.07) is 7.98. The first-order chi connectivity index (χ1) is 8.24. The van der Waals surface area contributed by atoms with Gasteiger partial charge in [0.25, 0.3) is 0 Å². The molecule has 0 bridgehead atoms. The second-order valence-electron chi connectivity index (χ2n) is 3.91. The highest BCUT2D eigenvalue weighted by atomic mass is 16.5. The molecule has 1 aromatic heterocycles. The molecule has 0 unspecified atom stereocenters. The minimum Gasteiger partial charge on any atom is -0.497 e. The highest BCUT2D eigenvalue weighted by molar-refractivity contribution is 5.66. The van der Waals surface area contributed by atoms with Gasteiger partial charge in [0, 0.05) is 18.3 Å². The number of hydrogen-bond acceptors (Lipinski definition) is 3. The molecule has 17 heavy (non-hydrogen) atoms. The molecular weight excluding hydrogens is 214 g/mol. The molecule has 2 aromatic rings. The topological polar surface area (TPSA) is 53.1 Å². The first kappa shape index (κ1) is 11.7. The molecule has 4 nitrogen and oxygen atoms in total. The van der Waals surface area contributed by atoms with Crippen LogP contribution in [0, 0.1) is 6.92 Å². The van der Waals surface area contributed by atoms with Gasteiger partial charge in [-0.2, -0.15) is 5.10 Å². The molecule has 0 aliphatic heterocycles. The van der Waals surface area contributed by atoms with Crippen LogP contribution >= 0.6 is 0 Å². The van der Waals surface area contributed by atoms with Crippen LogP contribution in [0.15, 0.2) is 30.5 Å². The Morgan fingerprint density at radius 3 is 2.94 bits per heavy atom. The molecule has 0 fully saturated rings. The maximum absolute atomic E-state index is 5.52. The van der Waals surface area contributed by atoms with Crippen LogP contribution in [-0.2, 0) is 6.54 Å². The van der Waals surface area contributed by atoms with Crippen LogP contribution in [0.1, 0.15) is 5.69 Å². The van der Waals surface area contributed by atoms with Gasteiger partial charge in [-0.05, 0) is 24.6 Å². The molecule has 90 valence electrons. The quantitative estimate of drug-likeness (QED) is 0.873. The summed E-state index contributed by atoms with van der Waals surface area (Å²) >= 11 is 0. The van der Waals surface area contributed by atoms with Crippen LogP contribution in [0.4, 0.5) is 0 Å². The fraction of sp³-hybridized carbons (Fsp3) is 0.308. The Morgan fingerprint density at radius 2 is 2.24 bits per heavy atom. The third-order valence-corrected chi connectivity index (χ3v) is 2.69. The van der Waals surface area contributed by atoms with Crippen LogP contribution in [0.3, 0.4) is 0 Å². The maximum Gasteiger partial charge on any atom is 0.119 e. The Morgan fingerprint density at radius 1 is 1.41 bits per heavy atom. The van der Waals surface area contributed by atoms with Gasteiger partial charge >= 0.3 is 0 Å². The predicted molar refractivity (Wildman–Crippen MR) is 68.0 cm³/mol. The minimum atomic E-state index is 0.596. The van der Waals surface area contributed by atoms with Crippen molar-refractivity contribution in [2.24, 2.45) is 5.73 Å². The van der Waals surface area contributed by atoms with Gasteiger partial charge < -0.3 is 10.5 Å². The van der Waals surface area contributed by atoms with E-state index < -0.39 is 0 Å². The van der Waals surface area contributed by atoms with E-state index in [4.69, 9.17) is 10.5 Å². The zero-order valence-corrected chi connectivity index (χ0v) is 10.2. The monoisotopic (exact) mass is 231 g/mol. The number of benzene rings is 1. The Labute approximate surface area is 101 Å². The number of rotatable bonds is 4. The Bertz CT molecular complexity index is 505. The van der Waals surface area contributed by atoms with Gasteiger partial charge in [0.05, 0.1) is 19.3 Å². The van der Waals surface area contributed by atoms with Crippen molar-refractivity contribution in [1.29, 1.82) is 0 Å². The van der Waals surface area contributed by atoms with Gasteiger partial charge in [0.15, 0.2) is 0 Å². The number of aromatic nitrogens is 2. The van der Waals surface area contributed by atoms with Crippen molar-refractivity contribution >= 4 is 0 Å². The van der Waals surface area contributed by atoms with E-state index in [1.54, 1.807) is 7.11 Å². The molecule has 0 aliphatic rings. The summed E-state index contributed by atoms with van der Waals surface area (Å²) in [5.74, 6) is 0.855. The van der Waals surface area contributed by atoms with Crippen LogP contribution < -0.4 is 10.5 Å². The van der Waals surface area contributed by atoms with Crippen LogP contribution in [-0.4, -0.2) is 23.4 Å². The smallest absolute Gasteiger partial charge is 0.119 e. The normalized spacial score (nSPS) is 10.5. The van der Waals surface area contributed by atoms with E-state index in [1.165, 1.54) is 0 Å². The summed E-state index contributed by atoms with van der Waals surface area (Å²) in [6.45, 7) is 3.34. The molecule has 2 rings (SSSR count). The van der Waals surface area contributed by atoms with Crippen LogP contribution in [0.2, 0.25) is 0 Å². The molecule has 1 heterocycles. The summed E-state index contributed by atoms with van der Waals surface area (Å²) in [5.41, 5.74) is 8.77. The Kier molecular flexibility index (Phi) is 3.44. The average Bonchev–Trinajstić information content (AvgIpc) is 2.71. The second kappa shape index (κ2) is 5.01. The van der Waals surface area contributed by atoms with Crippen molar-refractivity contribution < 1.29 is 4.74 Å². The lowest BCUT2D eigenvalue weighted by Crippen LogP contribution is -2.10. The van der Waals surface area contributed by atoms with Crippen molar-refractivity contribution in [3.8, 4) is 16.9 Å². The van der Waals surface area contributed by atoms with Gasteiger partial charge in [0.2, 0.25) is 0 Å². The molecule has 0 atom stereocenters. The molecular formula is C13H17N3O. The lowest BCUT2D eigenvalue weighted by molar-refractivity contribution is 0.415. The van der Waals surface area contributed by atoms with Gasteiger partial charge in [-0.3, -0.25) is 4.68 Å². The molecule has 0 saturated heterocycles. The van der Waals surface area contributed by atoms with Crippen LogP contribution in [0.25, 0.3) is 11.1 Å². The number of nitrogens with zero attached hydrogens (tertiary/aromatic N) is 2. The fourth-order valence-electron chi connectivity index (χ4n) is 1.84. The van der Waals surface area contributed by atoms with Gasteiger partial charge in [-0.1, -0.05) is 12.1 Å². The molecule has 0 amide bonds. The highest BCUT2D eigenvalue weighted by Gasteiger charge is 2.07. The predicted octanol–water partition coefficient (Wildman–Crippen LogP) is 1.83. The molecule has 0 radical (unpaired) electrons. The number of ether oxygens (including phenoxy) is 1. The summed E-state index contributed by atoms with van der Waals surface area (Å²) in [7, 11) is 1.67. The molecule has 0 aliphatic carbocycles. The molecule has 2 N–H and O–H groups in total. The van der Waals surface area contributed by atoms with Gasteiger partial charge in [-0.15, -0.1) is 0 Å². The second-order valence-corrected chi connectivity index (χ2v) is 3.91. The largest absolute Gasteiger partial charge is 0.497 e. The first-order valence-corrected chi connectivity index (χ1v) is 5.63. The third kappa shape index (κ3) is 2.47. The van der Waals surface area contributed by atoms with E-state index in [0.29, 0.717) is 6.54 Å². The molecule has 0 saturated carbocycles. The van der Waals surface area contributed by atoms with E-state index in [-0.39, 0.29) is 0 Å². The van der Waals surface area contributed by atoms with Crippen molar-refractivity contribution in [2.45, 2.75) is 13.5 Å². The summed E-state index contributed by atoms with van der Waals surface area (Å²) in [4.78, 5) is 0. The van der Waals surface area contributed by atoms with E-state index in [1.807, 2.05) is 36.0 Å². The fourth-order valence-corrected chi connectivity index (χ4v) is 1.84. The number of hydrogen-bond donors (Lipinski definition) is 1. The van der Waals surface area contributed by atoms with Gasteiger partial charge in [-0.25, -0.2) is 0 Å². The summed E-state index contributed by atoms with van der Waals surface area (Å²) in [6.07, 6.45) is 2.02. The summed E-state index contributed by atoms with van der Waals surface area (Å²) in [5, 5.41) is 4.43. The van der Waals surface area contributed by atoms with E-state index in [9.17, 15) is 0 Å². The van der Waals surface area contributed by atoms with E-state index >= 15 is 0 Å². The van der Waals surface area contributed by atoms with E-state index in [2.05, 4.69) is 11.2 Å². The Balaban J connectivity index is 2.37. The average molecular weight is 231 g/mol. The number of nitrogens with two attached hydrogens (primary N) is 1. The molecule has 1 aromatic carbocycles.